The van der Waals surface area contributed by atoms with Gasteiger partial charge in [0.1, 0.15) is 0 Å². The highest BCUT2D eigenvalue weighted by atomic mass is 35.5. The number of thioether (sulfide) groups is 1. The molecule has 2 aromatic rings. The number of hydrogen-bond acceptors (Lipinski definition) is 2. The van der Waals surface area contributed by atoms with Gasteiger partial charge < -0.3 is 5.32 Å². The van der Waals surface area contributed by atoms with Gasteiger partial charge in [0.15, 0.2) is 0 Å². The highest BCUT2D eigenvalue weighted by Crippen LogP contribution is 2.25. The van der Waals surface area contributed by atoms with E-state index in [0.29, 0.717) is 5.02 Å². The third kappa shape index (κ3) is 4.79. The molecule has 0 heterocycles. The first-order valence-electron chi connectivity index (χ1n) is 7.37. The van der Waals surface area contributed by atoms with Crippen molar-refractivity contribution in [1.82, 2.24) is 5.32 Å². The number of nitrogens with one attached hydrogen (secondary N) is 1. The SMILES string of the molecule is CC[C@H](NC(=O)[C@H](C)Sc1ccc(Cl)cc1)c1ccccc1. The van der Waals surface area contributed by atoms with E-state index in [0.717, 1.165) is 16.9 Å². The summed E-state index contributed by atoms with van der Waals surface area (Å²) in [6, 6.07) is 17.7. The second-order valence-corrected chi connectivity index (χ2v) is 6.94. The van der Waals surface area contributed by atoms with Crippen molar-refractivity contribution >= 4 is 29.3 Å². The van der Waals surface area contributed by atoms with Gasteiger partial charge in [-0.1, -0.05) is 48.9 Å². The molecule has 0 fully saturated rings. The summed E-state index contributed by atoms with van der Waals surface area (Å²) in [6.07, 6.45) is 0.869. The lowest BCUT2D eigenvalue weighted by Gasteiger charge is -2.20. The Morgan fingerprint density at radius 2 is 1.77 bits per heavy atom. The number of benzene rings is 2. The maximum absolute atomic E-state index is 12.4. The topological polar surface area (TPSA) is 29.1 Å². The van der Waals surface area contributed by atoms with Crippen LogP contribution in [0.15, 0.2) is 59.5 Å². The van der Waals surface area contributed by atoms with Crippen molar-refractivity contribution in [1.29, 1.82) is 0 Å². The Kier molecular flexibility index (Phi) is 6.34. The van der Waals surface area contributed by atoms with Gasteiger partial charge in [0.25, 0.3) is 0 Å². The van der Waals surface area contributed by atoms with Crippen LogP contribution in [0.25, 0.3) is 0 Å². The molecule has 0 saturated carbocycles. The van der Waals surface area contributed by atoms with Crippen LogP contribution in [0.3, 0.4) is 0 Å². The van der Waals surface area contributed by atoms with Crippen LogP contribution in [0, 0.1) is 0 Å². The molecule has 2 nitrogen and oxygen atoms in total. The zero-order valence-corrected chi connectivity index (χ0v) is 14.3. The number of carbonyl (C=O) groups is 1. The normalized spacial score (nSPS) is 13.4. The van der Waals surface area contributed by atoms with E-state index in [4.69, 9.17) is 11.6 Å². The fraction of sp³-hybridized carbons (Fsp3) is 0.278. The van der Waals surface area contributed by atoms with Gasteiger partial charge >= 0.3 is 0 Å². The second-order valence-electron chi connectivity index (χ2n) is 5.09. The zero-order valence-electron chi connectivity index (χ0n) is 12.8. The van der Waals surface area contributed by atoms with Crippen LogP contribution in [0.4, 0.5) is 0 Å². The van der Waals surface area contributed by atoms with Crippen molar-refractivity contribution in [3.8, 4) is 0 Å². The molecule has 0 aliphatic rings. The zero-order chi connectivity index (χ0) is 15.9. The third-order valence-corrected chi connectivity index (χ3v) is 4.79. The molecule has 0 aliphatic heterocycles. The minimum atomic E-state index is -0.154. The summed E-state index contributed by atoms with van der Waals surface area (Å²) < 4.78 is 0. The molecule has 116 valence electrons. The fourth-order valence-corrected chi connectivity index (χ4v) is 3.17. The molecule has 0 spiro atoms. The van der Waals surface area contributed by atoms with Crippen LogP contribution in [0.2, 0.25) is 5.02 Å². The lowest BCUT2D eigenvalue weighted by Crippen LogP contribution is -2.34. The van der Waals surface area contributed by atoms with Crippen molar-refractivity contribution in [3.63, 3.8) is 0 Å². The first kappa shape index (κ1) is 16.9. The quantitative estimate of drug-likeness (QED) is 0.746. The predicted octanol–water partition coefficient (Wildman–Crippen LogP) is 5.09. The smallest absolute Gasteiger partial charge is 0.233 e. The minimum Gasteiger partial charge on any atom is -0.348 e. The predicted molar refractivity (Wildman–Crippen MR) is 94.4 cm³/mol. The molecule has 1 N–H and O–H groups in total. The Morgan fingerprint density at radius 1 is 1.14 bits per heavy atom. The Balaban J connectivity index is 1.96. The lowest BCUT2D eigenvalue weighted by atomic mass is 10.0. The summed E-state index contributed by atoms with van der Waals surface area (Å²) in [5.41, 5.74) is 1.14. The molecule has 1 amide bonds. The van der Waals surface area contributed by atoms with E-state index in [-0.39, 0.29) is 17.2 Å². The van der Waals surface area contributed by atoms with Crippen LogP contribution in [0.1, 0.15) is 31.9 Å². The number of carbonyl (C=O) groups excluding carboxylic acids is 1. The van der Waals surface area contributed by atoms with E-state index in [1.165, 1.54) is 11.8 Å². The average molecular weight is 334 g/mol. The highest BCUT2D eigenvalue weighted by molar-refractivity contribution is 8.00. The van der Waals surface area contributed by atoms with Gasteiger partial charge in [0.2, 0.25) is 5.91 Å². The first-order valence-corrected chi connectivity index (χ1v) is 8.63. The maximum atomic E-state index is 12.4. The van der Waals surface area contributed by atoms with E-state index in [9.17, 15) is 4.79 Å². The Morgan fingerprint density at radius 3 is 2.36 bits per heavy atom. The Bertz CT molecular complexity index is 600. The minimum absolute atomic E-state index is 0.0515. The molecular formula is C18H20ClNOS. The lowest BCUT2D eigenvalue weighted by molar-refractivity contribution is -0.121. The molecule has 4 heteroatoms. The molecule has 22 heavy (non-hydrogen) atoms. The van der Waals surface area contributed by atoms with Gasteiger partial charge in [-0.2, -0.15) is 0 Å². The van der Waals surface area contributed by atoms with Crippen molar-refractivity contribution in [3.05, 3.63) is 65.2 Å². The van der Waals surface area contributed by atoms with Gasteiger partial charge in [-0.25, -0.2) is 0 Å². The molecule has 2 rings (SSSR count). The van der Waals surface area contributed by atoms with Gasteiger partial charge in [-0.15, -0.1) is 11.8 Å². The van der Waals surface area contributed by atoms with Gasteiger partial charge in [0, 0.05) is 9.92 Å². The van der Waals surface area contributed by atoms with E-state index >= 15 is 0 Å². The number of rotatable bonds is 6. The van der Waals surface area contributed by atoms with Crippen molar-refractivity contribution in [2.75, 3.05) is 0 Å². The molecule has 0 bridgehead atoms. The summed E-state index contributed by atoms with van der Waals surface area (Å²) in [6.45, 7) is 4.00. The summed E-state index contributed by atoms with van der Waals surface area (Å²) in [7, 11) is 0. The molecule has 0 aromatic heterocycles. The van der Waals surface area contributed by atoms with Gasteiger partial charge in [-0.05, 0) is 43.2 Å². The largest absolute Gasteiger partial charge is 0.348 e. The first-order chi connectivity index (χ1) is 10.6. The summed E-state index contributed by atoms with van der Waals surface area (Å²) in [4.78, 5) is 13.4. The molecule has 0 unspecified atom stereocenters. The maximum Gasteiger partial charge on any atom is 0.233 e. The second kappa shape index (κ2) is 8.25. The van der Waals surface area contributed by atoms with Crippen molar-refractivity contribution < 1.29 is 4.79 Å². The average Bonchev–Trinajstić information content (AvgIpc) is 2.55. The van der Waals surface area contributed by atoms with E-state index in [1.807, 2.05) is 61.5 Å². The van der Waals surface area contributed by atoms with Crippen LogP contribution >= 0.6 is 23.4 Å². The summed E-state index contributed by atoms with van der Waals surface area (Å²) in [5.74, 6) is 0.0515. The fourth-order valence-electron chi connectivity index (χ4n) is 2.17. The van der Waals surface area contributed by atoms with Crippen LogP contribution in [-0.4, -0.2) is 11.2 Å². The number of amides is 1. The monoisotopic (exact) mass is 333 g/mol. The van der Waals surface area contributed by atoms with Crippen molar-refractivity contribution in [2.24, 2.45) is 0 Å². The van der Waals surface area contributed by atoms with Gasteiger partial charge in [0.05, 0.1) is 11.3 Å². The molecule has 2 atom stereocenters. The van der Waals surface area contributed by atoms with Crippen LogP contribution < -0.4 is 5.32 Å². The van der Waals surface area contributed by atoms with E-state index in [2.05, 4.69) is 12.2 Å². The summed E-state index contributed by atoms with van der Waals surface area (Å²) in [5, 5.41) is 3.68. The number of halogens is 1. The summed E-state index contributed by atoms with van der Waals surface area (Å²) >= 11 is 7.42. The van der Waals surface area contributed by atoms with E-state index < -0.39 is 0 Å². The molecule has 0 radical (unpaired) electrons. The standard InChI is InChI=1S/C18H20ClNOS/c1-3-17(14-7-5-4-6-8-14)20-18(21)13(2)22-16-11-9-15(19)10-12-16/h4-13,17H,3H2,1-2H3,(H,20,21)/t13-,17-/m0/s1. The molecule has 2 aromatic carbocycles. The van der Waals surface area contributed by atoms with E-state index in [1.54, 1.807) is 0 Å². The van der Waals surface area contributed by atoms with Crippen LogP contribution in [0.5, 0.6) is 0 Å². The molecule has 0 saturated heterocycles. The van der Waals surface area contributed by atoms with Gasteiger partial charge in [-0.3, -0.25) is 4.79 Å². The molecular weight excluding hydrogens is 314 g/mol. The third-order valence-electron chi connectivity index (χ3n) is 3.42. The highest BCUT2D eigenvalue weighted by Gasteiger charge is 2.18. The van der Waals surface area contributed by atoms with Crippen LogP contribution in [-0.2, 0) is 4.79 Å². The van der Waals surface area contributed by atoms with Crippen molar-refractivity contribution in [2.45, 2.75) is 36.5 Å². The Hall–Kier alpha value is -1.45. The number of hydrogen-bond donors (Lipinski definition) is 1. The Labute approximate surface area is 141 Å². The molecule has 0 aliphatic carbocycles.